The Morgan fingerprint density at radius 2 is 1.68 bits per heavy atom. The highest BCUT2D eigenvalue weighted by Gasteiger charge is 2.23. The molecule has 9 nitrogen and oxygen atoms in total. The summed E-state index contributed by atoms with van der Waals surface area (Å²) in [6.07, 6.45) is 8.17. The van der Waals surface area contributed by atoms with E-state index < -0.39 is 0 Å². The number of aromatic nitrogens is 3. The number of urea groups is 1. The topological polar surface area (TPSA) is 104 Å². The number of anilines is 1. The number of rotatable bonds is 10. The zero-order chi connectivity index (χ0) is 28.4. The smallest absolute Gasteiger partial charge is 0.319 e. The number of pyridine rings is 1. The van der Waals surface area contributed by atoms with E-state index >= 15 is 0 Å². The largest absolute Gasteiger partial charge is 0.351 e. The summed E-state index contributed by atoms with van der Waals surface area (Å²) in [5, 5.41) is 13.5. The fourth-order valence-electron chi connectivity index (χ4n) is 5.18. The second kappa shape index (κ2) is 13.7. The highest BCUT2D eigenvalue weighted by atomic mass is 16.2. The summed E-state index contributed by atoms with van der Waals surface area (Å²) in [7, 11) is 0. The second-order valence-electron chi connectivity index (χ2n) is 10.3. The normalized spacial score (nSPS) is 13.5. The number of carbonyl (C=O) groups is 2. The Hall–Kier alpha value is -4.50. The lowest BCUT2D eigenvalue weighted by Crippen LogP contribution is -2.33. The minimum absolute atomic E-state index is 0.173. The molecule has 0 radical (unpaired) electrons. The number of nitrogens with one attached hydrogen (secondary N) is 3. The van der Waals surface area contributed by atoms with Crippen LogP contribution in [-0.2, 0) is 6.54 Å². The lowest BCUT2D eigenvalue weighted by Gasteiger charge is -2.26. The summed E-state index contributed by atoms with van der Waals surface area (Å²) in [4.78, 5) is 32.3. The van der Waals surface area contributed by atoms with Gasteiger partial charge in [0.2, 0.25) is 0 Å². The van der Waals surface area contributed by atoms with E-state index in [0.29, 0.717) is 24.5 Å². The van der Waals surface area contributed by atoms with E-state index in [4.69, 9.17) is 5.10 Å². The average molecular weight is 552 g/mol. The van der Waals surface area contributed by atoms with Gasteiger partial charge in [0.05, 0.1) is 5.69 Å². The van der Waals surface area contributed by atoms with Crippen molar-refractivity contribution in [3.05, 3.63) is 96.1 Å². The van der Waals surface area contributed by atoms with Gasteiger partial charge in [0, 0.05) is 42.4 Å². The van der Waals surface area contributed by atoms with Crippen LogP contribution in [0.2, 0.25) is 0 Å². The van der Waals surface area contributed by atoms with Crippen molar-refractivity contribution in [1.82, 2.24) is 30.3 Å². The summed E-state index contributed by atoms with van der Waals surface area (Å²) in [5.41, 5.74) is 5.40. The van der Waals surface area contributed by atoms with E-state index in [1.807, 2.05) is 73.7 Å². The molecule has 1 aliphatic heterocycles. The van der Waals surface area contributed by atoms with Gasteiger partial charge in [-0.25, -0.2) is 9.48 Å². The number of nitrogens with zero attached hydrogens (tertiary/aromatic N) is 4. The Labute approximate surface area is 241 Å². The Bertz CT molecular complexity index is 1430. The van der Waals surface area contributed by atoms with Gasteiger partial charge in [0.15, 0.2) is 5.69 Å². The van der Waals surface area contributed by atoms with Crippen molar-refractivity contribution < 1.29 is 9.59 Å². The summed E-state index contributed by atoms with van der Waals surface area (Å²) in [5.74, 6) is -0.173. The van der Waals surface area contributed by atoms with Crippen LogP contribution in [0.25, 0.3) is 16.8 Å². The molecule has 41 heavy (non-hydrogen) atoms. The van der Waals surface area contributed by atoms with Crippen molar-refractivity contribution in [2.75, 3.05) is 31.5 Å². The first-order valence-corrected chi connectivity index (χ1v) is 14.3. The molecule has 0 spiro atoms. The second-order valence-corrected chi connectivity index (χ2v) is 10.3. The molecule has 0 bridgehead atoms. The Morgan fingerprint density at radius 3 is 2.41 bits per heavy atom. The molecule has 0 atom stereocenters. The molecule has 2 aromatic carbocycles. The van der Waals surface area contributed by atoms with Gasteiger partial charge in [-0.1, -0.05) is 42.8 Å². The first-order valence-electron chi connectivity index (χ1n) is 14.3. The minimum Gasteiger partial charge on any atom is -0.351 e. The van der Waals surface area contributed by atoms with E-state index in [-0.39, 0.29) is 11.9 Å². The van der Waals surface area contributed by atoms with Crippen molar-refractivity contribution in [1.29, 1.82) is 0 Å². The number of benzene rings is 2. The predicted octanol–water partition coefficient (Wildman–Crippen LogP) is 5.17. The van der Waals surface area contributed by atoms with Gasteiger partial charge in [-0.15, -0.1) is 0 Å². The molecular weight excluding hydrogens is 514 g/mol. The number of likely N-dealkylation sites (tertiary alicyclic amines) is 1. The van der Waals surface area contributed by atoms with Gasteiger partial charge in [-0.2, -0.15) is 5.10 Å². The van der Waals surface area contributed by atoms with Crippen LogP contribution >= 0.6 is 0 Å². The van der Waals surface area contributed by atoms with Gasteiger partial charge >= 0.3 is 6.03 Å². The Balaban J connectivity index is 1.27. The van der Waals surface area contributed by atoms with Gasteiger partial charge in [-0.3, -0.25) is 9.78 Å². The molecular formula is C32H37N7O2. The molecule has 0 aliphatic carbocycles. The Morgan fingerprint density at radius 1 is 0.902 bits per heavy atom. The summed E-state index contributed by atoms with van der Waals surface area (Å²) >= 11 is 0. The third kappa shape index (κ3) is 7.37. The third-order valence-electron chi connectivity index (χ3n) is 7.32. The molecule has 0 saturated carbocycles. The van der Waals surface area contributed by atoms with Crippen molar-refractivity contribution in [2.24, 2.45) is 0 Å². The van der Waals surface area contributed by atoms with Crippen LogP contribution in [0.4, 0.5) is 10.5 Å². The zero-order valence-electron chi connectivity index (χ0n) is 23.5. The highest BCUT2D eigenvalue weighted by molar-refractivity contribution is 6.00. The average Bonchev–Trinajstić information content (AvgIpc) is 3.37. The van der Waals surface area contributed by atoms with Crippen molar-refractivity contribution in [3.63, 3.8) is 0 Å². The molecule has 5 rings (SSSR count). The van der Waals surface area contributed by atoms with E-state index in [1.165, 1.54) is 19.3 Å². The maximum absolute atomic E-state index is 13.4. The molecule has 1 saturated heterocycles. The maximum Gasteiger partial charge on any atom is 0.319 e. The maximum atomic E-state index is 13.4. The van der Waals surface area contributed by atoms with Gasteiger partial charge < -0.3 is 20.9 Å². The molecule has 212 valence electrons. The Kier molecular flexibility index (Phi) is 9.38. The number of carbonyl (C=O) groups excluding carboxylic acids is 2. The van der Waals surface area contributed by atoms with Crippen LogP contribution in [0.1, 0.15) is 47.4 Å². The third-order valence-corrected chi connectivity index (χ3v) is 7.32. The summed E-state index contributed by atoms with van der Waals surface area (Å²) < 4.78 is 1.79. The molecule has 3 N–H and O–H groups in total. The summed E-state index contributed by atoms with van der Waals surface area (Å²) in [6, 6.07) is 20.7. The molecule has 2 aromatic heterocycles. The van der Waals surface area contributed by atoms with Crippen LogP contribution < -0.4 is 16.0 Å². The molecule has 3 heterocycles. The first-order chi connectivity index (χ1) is 20.1. The summed E-state index contributed by atoms with van der Waals surface area (Å²) in [6.45, 7) is 6.27. The molecule has 1 fully saturated rings. The lowest BCUT2D eigenvalue weighted by molar-refractivity contribution is 0.0946. The van der Waals surface area contributed by atoms with E-state index in [1.54, 1.807) is 17.1 Å². The van der Waals surface area contributed by atoms with Crippen molar-refractivity contribution >= 4 is 17.6 Å². The van der Waals surface area contributed by atoms with Crippen molar-refractivity contribution in [3.8, 4) is 16.8 Å². The van der Waals surface area contributed by atoms with Crippen molar-refractivity contribution in [2.45, 2.75) is 39.2 Å². The van der Waals surface area contributed by atoms with Crippen LogP contribution in [0.15, 0.2) is 79.1 Å². The highest BCUT2D eigenvalue weighted by Crippen LogP contribution is 2.29. The number of amides is 3. The van der Waals surface area contributed by atoms with Gasteiger partial charge in [0.1, 0.15) is 0 Å². The minimum atomic E-state index is -0.303. The van der Waals surface area contributed by atoms with Gasteiger partial charge in [-0.05, 0) is 87.3 Å². The molecule has 0 unspecified atom stereocenters. The lowest BCUT2D eigenvalue weighted by atomic mass is 10.0. The fourth-order valence-corrected chi connectivity index (χ4v) is 5.18. The standard InChI is InChI=1S/C32H37N7O2/c1-24-29(26-11-4-2-5-12-26)30(31(40)34-18-9-21-38-19-6-3-7-20-38)37-39(24)28-15-13-27(14-16-28)36-32(41)35-23-25-10-8-17-33-22-25/h2,4-5,8,10-17,22H,3,6-7,9,18-21,23H2,1H3,(H,34,40)(H2,35,36,41). The number of hydrogen-bond donors (Lipinski definition) is 3. The molecule has 1 aliphatic rings. The monoisotopic (exact) mass is 551 g/mol. The van der Waals surface area contributed by atoms with E-state index in [2.05, 4.69) is 25.8 Å². The fraction of sp³-hybridized carbons (Fsp3) is 0.312. The zero-order valence-corrected chi connectivity index (χ0v) is 23.5. The molecule has 3 amide bonds. The van der Waals surface area contributed by atoms with Crippen LogP contribution in [0.3, 0.4) is 0 Å². The number of hydrogen-bond acceptors (Lipinski definition) is 5. The molecule has 9 heteroatoms. The van der Waals surface area contributed by atoms with E-state index in [9.17, 15) is 9.59 Å². The quantitative estimate of drug-likeness (QED) is 0.236. The van der Waals surface area contributed by atoms with Crippen LogP contribution in [0.5, 0.6) is 0 Å². The van der Waals surface area contributed by atoms with E-state index in [0.717, 1.165) is 54.1 Å². The van der Waals surface area contributed by atoms with Crippen LogP contribution in [-0.4, -0.2) is 57.8 Å². The first kappa shape index (κ1) is 28.0. The van der Waals surface area contributed by atoms with Crippen LogP contribution in [0, 0.1) is 6.92 Å². The number of piperidine rings is 1. The predicted molar refractivity (Wildman–Crippen MR) is 161 cm³/mol. The molecule has 4 aromatic rings. The van der Waals surface area contributed by atoms with Gasteiger partial charge in [0.25, 0.3) is 5.91 Å². The SMILES string of the molecule is Cc1c(-c2ccccc2)c(C(=O)NCCCN2CCCCC2)nn1-c1ccc(NC(=O)NCc2cccnc2)cc1.